The number of aryl methyl sites for hydroxylation is 1. The normalized spacial score (nSPS) is 10.8. The van der Waals surface area contributed by atoms with Gasteiger partial charge in [0, 0.05) is 24.5 Å². The lowest BCUT2D eigenvalue weighted by Gasteiger charge is -2.07. The molecule has 0 aliphatic rings. The van der Waals surface area contributed by atoms with Crippen LogP contribution in [0.15, 0.2) is 30.6 Å². The van der Waals surface area contributed by atoms with E-state index in [4.69, 9.17) is 0 Å². The van der Waals surface area contributed by atoms with Gasteiger partial charge in [0.2, 0.25) is 0 Å². The van der Waals surface area contributed by atoms with Crippen molar-refractivity contribution in [3.8, 4) is 5.88 Å². The summed E-state index contributed by atoms with van der Waals surface area (Å²) >= 11 is 0. The molecule has 2 rings (SSSR count). The number of alkyl halides is 2. The molecule has 0 atom stereocenters. The third kappa shape index (κ3) is 3.69. The quantitative estimate of drug-likeness (QED) is 0.843. The van der Waals surface area contributed by atoms with Gasteiger partial charge in [-0.1, -0.05) is 6.92 Å². The van der Waals surface area contributed by atoms with Crippen LogP contribution < -0.4 is 4.74 Å². The molecule has 3 nitrogen and oxygen atoms in total. The van der Waals surface area contributed by atoms with E-state index >= 15 is 0 Å². The van der Waals surface area contributed by atoms with E-state index in [2.05, 4.69) is 14.7 Å². The highest BCUT2D eigenvalue weighted by Gasteiger charge is 2.12. The third-order valence-electron chi connectivity index (χ3n) is 2.74. The Hall–Kier alpha value is -2.11. The van der Waals surface area contributed by atoms with E-state index < -0.39 is 18.3 Å². The Bertz CT molecular complexity index is 590. The molecule has 0 saturated heterocycles. The maximum absolute atomic E-state index is 13.5. The second-order valence-corrected chi connectivity index (χ2v) is 4.19. The minimum absolute atomic E-state index is 0.382. The van der Waals surface area contributed by atoms with Gasteiger partial charge in [-0.05, 0) is 35.7 Å². The summed E-state index contributed by atoms with van der Waals surface area (Å²) in [5, 5.41) is 0. The number of rotatable bonds is 5. The fourth-order valence-electron chi connectivity index (χ4n) is 1.79. The molecule has 106 valence electrons. The summed E-state index contributed by atoms with van der Waals surface area (Å²) in [7, 11) is 0. The standard InChI is InChI=1S/C14H13F3N2O/c1-2-9-3-4-18-11(5-9)6-10-7-12(15)13(19-8-10)20-14(16)17/h3-5,7-8,14H,2,6H2,1H3. The topological polar surface area (TPSA) is 35.0 Å². The maximum atomic E-state index is 13.5. The minimum Gasteiger partial charge on any atom is -0.414 e. The summed E-state index contributed by atoms with van der Waals surface area (Å²) in [5.74, 6) is -1.60. The van der Waals surface area contributed by atoms with Crippen LogP contribution in [-0.4, -0.2) is 16.6 Å². The van der Waals surface area contributed by atoms with Crippen molar-refractivity contribution < 1.29 is 17.9 Å². The zero-order valence-electron chi connectivity index (χ0n) is 10.8. The Morgan fingerprint density at radius 1 is 1.20 bits per heavy atom. The van der Waals surface area contributed by atoms with E-state index in [-0.39, 0.29) is 0 Å². The van der Waals surface area contributed by atoms with Crippen molar-refractivity contribution in [3.05, 3.63) is 53.2 Å². The highest BCUT2D eigenvalue weighted by atomic mass is 19.3. The van der Waals surface area contributed by atoms with E-state index in [0.29, 0.717) is 12.0 Å². The van der Waals surface area contributed by atoms with Crippen LogP contribution >= 0.6 is 0 Å². The number of hydrogen-bond donors (Lipinski definition) is 0. The van der Waals surface area contributed by atoms with E-state index in [1.807, 2.05) is 19.1 Å². The molecule has 0 N–H and O–H groups in total. The third-order valence-corrected chi connectivity index (χ3v) is 2.74. The van der Waals surface area contributed by atoms with E-state index in [0.717, 1.165) is 23.7 Å². The Labute approximate surface area is 114 Å². The molecule has 0 bridgehead atoms. The average molecular weight is 282 g/mol. The summed E-state index contributed by atoms with van der Waals surface area (Å²) in [6.45, 7) is -1.07. The Morgan fingerprint density at radius 2 is 2.00 bits per heavy atom. The number of halogens is 3. The molecule has 2 aromatic rings. The van der Waals surface area contributed by atoms with Crippen LogP contribution in [0, 0.1) is 5.82 Å². The molecular weight excluding hydrogens is 269 g/mol. The molecule has 0 saturated carbocycles. The molecule has 0 radical (unpaired) electrons. The predicted molar refractivity (Wildman–Crippen MR) is 67.2 cm³/mol. The molecule has 20 heavy (non-hydrogen) atoms. The lowest BCUT2D eigenvalue weighted by molar-refractivity contribution is -0.0553. The molecule has 0 aromatic carbocycles. The van der Waals surface area contributed by atoms with Gasteiger partial charge in [-0.2, -0.15) is 8.78 Å². The number of pyridine rings is 2. The molecule has 0 aliphatic carbocycles. The summed E-state index contributed by atoms with van der Waals surface area (Å²) in [6, 6.07) is 4.95. The number of nitrogens with zero attached hydrogens (tertiary/aromatic N) is 2. The fraction of sp³-hybridized carbons (Fsp3) is 0.286. The van der Waals surface area contributed by atoms with Crippen LogP contribution in [-0.2, 0) is 12.8 Å². The zero-order chi connectivity index (χ0) is 14.5. The Morgan fingerprint density at radius 3 is 2.65 bits per heavy atom. The van der Waals surface area contributed by atoms with Crippen molar-refractivity contribution in [2.45, 2.75) is 26.4 Å². The van der Waals surface area contributed by atoms with Crippen molar-refractivity contribution in [1.29, 1.82) is 0 Å². The van der Waals surface area contributed by atoms with Crippen LogP contribution in [0.25, 0.3) is 0 Å². The fourth-order valence-corrected chi connectivity index (χ4v) is 1.79. The molecule has 0 fully saturated rings. The Balaban J connectivity index is 2.15. The SMILES string of the molecule is CCc1ccnc(Cc2cnc(OC(F)F)c(F)c2)c1. The second kappa shape index (κ2) is 6.36. The van der Waals surface area contributed by atoms with Crippen LogP contribution in [0.2, 0.25) is 0 Å². The lowest BCUT2D eigenvalue weighted by Crippen LogP contribution is -2.06. The second-order valence-electron chi connectivity index (χ2n) is 4.19. The first kappa shape index (κ1) is 14.3. The van der Waals surface area contributed by atoms with Crippen molar-refractivity contribution in [1.82, 2.24) is 9.97 Å². The molecule has 6 heteroatoms. The van der Waals surface area contributed by atoms with Crippen LogP contribution in [0.1, 0.15) is 23.7 Å². The highest BCUT2D eigenvalue weighted by molar-refractivity contribution is 5.26. The number of aromatic nitrogens is 2. The van der Waals surface area contributed by atoms with Gasteiger partial charge >= 0.3 is 6.61 Å². The first-order valence-electron chi connectivity index (χ1n) is 6.11. The average Bonchev–Trinajstić information content (AvgIpc) is 2.42. The summed E-state index contributed by atoms with van der Waals surface area (Å²) in [6.07, 6.45) is 4.25. The van der Waals surface area contributed by atoms with Crippen LogP contribution in [0.5, 0.6) is 5.88 Å². The molecule has 2 aromatic heterocycles. The molecule has 0 spiro atoms. The van der Waals surface area contributed by atoms with Crippen molar-refractivity contribution in [2.24, 2.45) is 0 Å². The van der Waals surface area contributed by atoms with Crippen molar-refractivity contribution >= 4 is 0 Å². The molecule has 2 heterocycles. The number of ether oxygens (including phenoxy) is 1. The predicted octanol–water partition coefficient (Wildman–Crippen LogP) is 3.37. The largest absolute Gasteiger partial charge is 0.414 e. The van der Waals surface area contributed by atoms with E-state index in [9.17, 15) is 13.2 Å². The summed E-state index contributed by atoms with van der Waals surface area (Å²) in [5.41, 5.74) is 2.44. The van der Waals surface area contributed by atoms with Gasteiger partial charge in [0.05, 0.1) is 0 Å². The Kier molecular flexibility index (Phi) is 4.55. The summed E-state index contributed by atoms with van der Waals surface area (Å²) in [4.78, 5) is 7.73. The molecule has 0 amide bonds. The van der Waals surface area contributed by atoms with Gasteiger partial charge in [-0.3, -0.25) is 4.98 Å². The smallest absolute Gasteiger partial charge is 0.388 e. The zero-order valence-corrected chi connectivity index (χ0v) is 10.8. The maximum Gasteiger partial charge on any atom is 0.388 e. The van der Waals surface area contributed by atoms with Gasteiger partial charge in [-0.15, -0.1) is 0 Å². The first-order valence-corrected chi connectivity index (χ1v) is 6.11. The minimum atomic E-state index is -3.09. The van der Waals surface area contributed by atoms with Crippen LogP contribution in [0.3, 0.4) is 0 Å². The van der Waals surface area contributed by atoms with E-state index in [1.54, 1.807) is 6.20 Å². The van der Waals surface area contributed by atoms with Crippen molar-refractivity contribution in [3.63, 3.8) is 0 Å². The van der Waals surface area contributed by atoms with E-state index in [1.165, 1.54) is 6.20 Å². The molecule has 0 aliphatic heterocycles. The lowest BCUT2D eigenvalue weighted by atomic mass is 10.1. The van der Waals surface area contributed by atoms with Crippen molar-refractivity contribution in [2.75, 3.05) is 0 Å². The molecule has 0 unspecified atom stereocenters. The summed E-state index contributed by atoms with van der Waals surface area (Å²) < 4.78 is 41.5. The van der Waals surface area contributed by atoms with Gasteiger partial charge in [0.15, 0.2) is 5.82 Å². The molecular formula is C14H13F3N2O. The highest BCUT2D eigenvalue weighted by Crippen LogP contribution is 2.18. The van der Waals surface area contributed by atoms with Gasteiger partial charge in [-0.25, -0.2) is 9.37 Å². The van der Waals surface area contributed by atoms with Crippen LogP contribution in [0.4, 0.5) is 13.2 Å². The first-order chi connectivity index (χ1) is 9.58. The van der Waals surface area contributed by atoms with Gasteiger partial charge < -0.3 is 4.74 Å². The monoisotopic (exact) mass is 282 g/mol. The van der Waals surface area contributed by atoms with Gasteiger partial charge in [0.25, 0.3) is 5.88 Å². The van der Waals surface area contributed by atoms with Gasteiger partial charge in [0.1, 0.15) is 0 Å². The number of hydrogen-bond acceptors (Lipinski definition) is 3.